The molecule has 1 aromatic heterocycles. The minimum atomic E-state index is -0.541. The highest BCUT2D eigenvalue weighted by Gasteiger charge is 2.12. The van der Waals surface area contributed by atoms with Crippen molar-refractivity contribution in [2.45, 2.75) is 0 Å². The number of aliphatic hydroxyl groups is 1. The van der Waals surface area contributed by atoms with Crippen molar-refractivity contribution in [3.05, 3.63) is 29.8 Å². The number of aromatic nitrogens is 1. The van der Waals surface area contributed by atoms with Crippen LogP contribution in [-0.2, 0) is 4.74 Å². The molecule has 1 N–H and O–H groups in total. The molecule has 6 heteroatoms. The van der Waals surface area contributed by atoms with Gasteiger partial charge in [0.05, 0.1) is 31.6 Å². The van der Waals surface area contributed by atoms with E-state index in [4.69, 9.17) is 9.84 Å². The topological polar surface area (TPSA) is 62.7 Å². The number of carbonyl (C=O) groups is 1. The second-order valence-electron chi connectivity index (χ2n) is 3.45. The van der Waals surface area contributed by atoms with Gasteiger partial charge in [0, 0.05) is 19.8 Å². The zero-order valence-electron chi connectivity index (χ0n) is 9.60. The van der Waals surface area contributed by atoms with Crippen molar-refractivity contribution >= 4 is 5.91 Å². The van der Waals surface area contributed by atoms with Crippen molar-refractivity contribution in [2.24, 2.45) is 0 Å². The van der Waals surface area contributed by atoms with E-state index in [9.17, 15) is 9.18 Å². The maximum Gasteiger partial charge on any atom is 0.255 e. The van der Waals surface area contributed by atoms with Crippen molar-refractivity contribution in [3.63, 3.8) is 0 Å². The number of amides is 1. The minimum absolute atomic E-state index is 0.0501. The van der Waals surface area contributed by atoms with E-state index >= 15 is 0 Å². The first-order chi connectivity index (χ1) is 8.15. The first-order valence-electron chi connectivity index (χ1n) is 5.19. The molecule has 0 spiro atoms. The van der Waals surface area contributed by atoms with Gasteiger partial charge in [-0.2, -0.15) is 0 Å². The number of rotatable bonds is 6. The Morgan fingerprint density at radius 3 is 2.94 bits per heavy atom. The molecule has 17 heavy (non-hydrogen) atoms. The van der Waals surface area contributed by atoms with Crippen molar-refractivity contribution in [3.8, 4) is 0 Å². The van der Waals surface area contributed by atoms with E-state index in [-0.39, 0.29) is 24.7 Å². The van der Waals surface area contributed by atoms with E-state index in [0.29, 0.717) is 13.2 Å². The van der Waals surface area contributed by atoms with Gasteiger partial charge < -0.3 is 14.7 Å². The van der Waals surface area contributed by atoms with Gasteiger partial charge in [-0.15, -0.1) is 0 Å². The van der Waals surface area contributed by atoms with Gasteiger partial charge in [-0.25, -0.2) is 4.39 Å². The summed E-state index contributed by atoms with van der Waals surface area (Å²) < 4.78 is 17.9. The molecule has 0 fully saturated rings. The molecule has 0 aliphatic heterocycles. The molecule has 1 amide bonds. The molecule has 0 bridgehead atoms. The fourth-order valence-corrected chi connectivity index (χ4v) is 1.22. The van der Waals surface area contributed by atoms with E-state index in [0.717, 1.165) is 12.3 Å². The fourth-order valence-electron chi connectivity index (χ4n) is 1.22. The molecule has 1 aromatic rings. The fraction of sp³-hybridized carbons (Fsp3) is 0.455. The largest absolute Gasteiger partial charge is 0.394 e. The molecule has 5 nitrogen and oxygen atoms in total. The summed E-state index contributed by atoms with van der Waals surface area (Å²) in [6.07, 6.45) is 2.36. The molecule has 0 unspecified atom stereocenters. The molecule has 1 rings (SSSR count). The van der Waals surface area contributed by atoms with Gasteiger partial charge in [0.2, 0.25) is 0 Å². The van der Waals surface area contributed by atoms with Gasteiger partial charge in [-0.1, -0.05) is 0 Å². The number of aliphatic hydroxyl groups excluding tert-OH is 1. The summed E-state index contributed by atoms with van der Waals surface area (Å²) in [5.41, 5.74) is 0.203. The van der Waals surface area contributed by atoms with Crippen molar-refractivity contribution < 1.29 is 19.0 Å². The molecule has 0 aromatic carbocycles. The predicted molar refractivity (Wildman–Crippen MR) is 59.1 cm³/mol. The molecule has 0 saturated carbocycles. The van der Waals surface area contributed by atoms with Gasteiger partial charge >= 0.3 is 0 Å². The highest BCUT2D eigenvalue weighted by molar-refractivity contribution is 5.93. The normalized spacial score (nSPS) is 10.3. The van der Waals surface area contributed by atoms with Crippen LogP contribution in [-0.4, -0.2) is 54.3 Å². The van der Waals surface area contributed by atoms with Gasteiger partial charge in [0.25, 0.3) is 5.91 Å². The number of carbonyl (C=O) groups excluding carboxylic acids is 1. The zero-order valence-corrected chi connectivity index (χ0v) is 9.60. The summed E-state index contributed by atoms with van der Waals surface area (Å²) in [4.78, 5) is 16.8. The highest BCUT2D eigenvalue weighted by atomic mass is 19.1. The average molecular weight is 242 g/mol. The molecular weight excluding hydrogens is 227 g/mol. The molecule has 1 heterocycles. The number of hydrogen-bond acceptors (Lipinski definition) is 4. The Hall–Kier alpha value is -1.53. The number of ether oxygens (including phenoxy) is 1. The molecule has 0 atom stereocenters. The van der Waals surface area contributed by atoms with Crippen LogP contribution in [0.25, 0.3) is 0 Å². The van der Waals surface area contributed by atoms with Crippen LogP contribution in [0, 0.1) is 5.82 Å². The van der Waals surface area contributed by atoms with E-state index in [1.54, 1.807) is 7.05 Å². The van der Waals surface area contributed by atoms with E-state index < -0.39 is 5.82 Å². The third kappa shape index (κ3) is 4.46. The van der Waals surface area contributed by atoms with Gasteiger partial charge in [0.15, 0.2) is 0 Å². The second kappa shape index (κ2) is 6.93. The number of pyridine rings is 1. The van der Waals surface area contributed by atoms with Crippen LogP contribution in [0.1, 0.15) is 10.4 Å². The Kier molecular flexibility index (Phi) is 5.51. The molecule has 0 aliphatic rings. The molecule has 0 saturated heterocycles. The van der Waals surface area contributed by atoms with Crippen molar-refractivity contribution in [2.75, 3.05) is 33.4 Å². The maximum atomic E-state index is 12.9. The van der Waals surface area contributed by atoms with Gasteiger partial charge in [0.1, 0.15) is 5.82 Å². The Morgan fingerprint density at radius 1 is 1.53 bits per heavy atom. The van der Waals surface area contributed by atoms with Crippen LogP contribution in [0.3, 0.4) is 0 Å². The lowest BCUT2D eigenvalue weighted by atomic mass is 10.2. The quantitative estimate of drug-likeness (QED) is 0.729. The van der Waals surface area contributed by atoms with Crippen molar-refractivity contribution in [1.82, 2.24) is 9.88 Å². The van der Waals surface area contributed by atoms with Crippen LogP contribution in [0.2, 0.25) is 0 Å². The van der Waals surface area contributed by atoms with Crippen LogP contribution < -0.4 is 0 Å². The zero-order chi connectivity index (χ0) is 12.7. The van der Waals surface area contributed by atoms with Crippen molar-refractivity contribution in [1.29, 1.82) is 0 Å². The Labute approximate surface area is 98.8 Å². The highest BCUT2D eigenvalue weighted by Crippen LogP contribution is 2.04. The van der Waals surface area contributed by atoms with Crippen LogP contribution in [0.4, 0.5) is 4.39 Å². The summed E-state index contributed by atoms with van der Waals surface area (Å²) in [5, 5.41) is 8.49. The summed E-state index contributed by atoms with van der Waals surface area (Å²) >= 11 is 0. The summed E-state index contributed by atoms with van der Waals surface area (Å²) in [5.74, 6) is -0.856. The van der Waals surface area contributed by atoms with Crippen LogP contribution in [0.15, 0.2) is 18.5 Å². The van der Waals surface area contributed by atoms with E-state index in [1.807, 2.05) is 0 Å². The lowest BCUT2D eigenvalue weighted by Crippen LogP contribution is -2.30. The van der Waals surface area contributed by atoms with Gasteiger partial charge in [-0.05, 0) is 6.07 Å². The Morgan fingerprint density at radius 2 is 2.29 bits per heavy atom. The second-order valence-corrected chi connectivity index (χ2v) is 3.45. The number of halogens is 1. The Balaban J connectivity index is 2.46. The smallest absolute Gasteiger partial charge is 0.255 e. The van der Waals surface area contributed by atoms with Crippen LogP contribution >= 0.6 is 0 Å². The monoisotopic (exact) mass is 242 g/mol. The first-order valence-corrected chi connectivity index (χ1v) is 5.19. The Bertz CT molecular complexity index is 373. The van der Waals surface area contributed by atoms with E-state index in [2.05, 4.69) is 4.98 Å². The number of hydrogen-bond donors (Lipinski definition) is 1. The predicted octanol–water partition coefficient (Wildman–Crippen LogP) is 0.302. The summed E-state index contributed by atoms with van der Waals surface area (Å²) in [6.45, 7) is 0.885. The number of likely N-dealkylation sites (N-methyl/N-ethyl adjacent to an activating group) is 1. The molecule has 0 radical (unpaired) electrons. The first kappa shape index (κ1) is 13.5. The molecule has 0 aliphatic carbocycles. The van der Waals surface area contributed by atoms with Gasteiger partial charge in [-0.3, -0.25) is 9.78 Å². The SMILES string of the molecule is CN(CCOCCO)C(=O)c1cncc(F)c1. The van der Waals surface area contributed by atoms with E-state index in [1.165, 1.54) is 11.1 Å². The summed E-state index contributed by atoms with van der Waals surface area (Å²) in [7, 11) is 1.59. The standard InChI is InChI=1S/C11H15FN2O3/c1-14(2-4-17-5-3-15)11(16)9-6-10(12)8-13-7-9/h6-8,15H,2-5H2,1H3. The third-order valence-electron chi connectivity index (χ3n) is 2.11. The lowest BCUT2D eigenvalue weighted by Gasteiger charge is -2.16. The average Bonchev–Trinajstić information content (AvgIpc) is 2.33. The summed E-state index contributed by atoms with van der Waals surface area (Å²) in [6, 6.07) is 1.14. The number of nitrogens with zero attached hydrogens (tertiary/aromatic N) is 2. The minimum Gasteiger partial charge on any atom is -0.394 e. The van der Waals surface area contributed by atoms with Crippen LogP contribution in [0.5, 0.6) is 0 Å². The molecule has 94 valence electrons. The molecular formula is C11H15FN2O3. The lowest BCUT2D eigenvalue weighted by molar-refractivity contribution is 0.0618. The maximum absolute atomic E-state index is 12.9. The third-order valence-corrected chi connectivity index (χ3v) is 2.11.